The van der Waals surface area contributed by atoms with Gasteiger partial charge < -0.3 is 10.1 Å². The summed E-state index contributed by atoms with van der Waals surface area (Å²) < 4.78 is 4.82. The Bertz CT molecular complexity index is 288. The first-order valence-electron chi connectivity index (χ1n) is 3.37. The molecule has 1 aromatic heterocycles. The van der Waals surface area contributed by atoms with Gasteiger partial charge >= 0.3 is 0 Å². The molecule has 1 heterocycles. The van der Waals surface area contributed by atoms with Gasteiger partial charge in [-0.1, -0.05) is 0 Å². The Kier molecular flexibility index (Phi) is 2.57. The van der Waals surface area contributed by atoms with Crippen molar-refractivity contribution in [2.45, 2.75) is 0 Å². The Labute approximate surface area is 69.8 Å². The van der Waals surface area contributed by atoms with E-state index in [-0.39, 0.29) is 11.7 Å². The standard InChI is InChI=1S/C7H9N3O2/c1-8-7(11)6-9-4-3-5(10-6)12-2/h3-4H,1-2H3,(H,8,11). The Morgan fingerprint density at radius 3 is 3.00 bits per heavy atom. The lowest BCUT2D eigenvalue weighted by Crippen LogP contribution is -2.20. The van der Waals surface area contributed by atoms with Crippen LogP contribution in [0, 0.1) is 0 Å². The Hall–Kier alpha value is -1.65. The second-order valence-electron chi connectivity index (χ2n) is 2.00. The first-order valence-corrected chi connectivity index (χ1v) is 3.37. The molecule has 0 aromatic carbocycles. The monoisotopic (exact) mass is 167 g/mol. The zero-order valence-corrected chi connectivity index (χ0v) is 6.87. The Morgan fingerprint density at radius 2 is 2.42 bits per heavy atom. The SMILES string of the molecule is CNC(=O)c1nccc(OC)n1. The van der Waals surface area contributed by atoms with E-state index in [0.717, 1.165) is 0 Å². The third-order valence-corrected chi connectivity index (χ3v) is 1.27. The normalized spacial score (nSPS) is 9.17. The van der Waals surface area contributed by atoms with Crippen molar-refractivity contribution in [3.8, 4) is 5.88 Å². The quantitative estimate of drug-likeness (QED) is 0.665. The second-order valence-corrected chi connectivity index (χ2v) is 2.00. The number of carbonyl (C=O) groups excluding carboxylic acids is 1. The van der Waals surface area contributed by atoms with Gasteiger partial charge in [-0.25, -0.2) is 4.98 Å². The van der Waals surface area contributed by atoms with Crippen molar-refractivity contribution >= 4 is 5.91 Å². The highest BCUT2D eigenvalue weighted by Crippen LogP contribution is 2.02. The first-order chi connectivity index (χ1) is 5.77. The summed E-state index contributed by atoms with van der Waals surface area (Å²) in [5.74, 6) is 0.161. The van der Waals surface area contributed by atoms with E-state index in [1.807, 2.05) is 0 Å². The van der Waals surface area contributed by atoms with Crippen LogP contribution in [0.2, 0.25) is 0 Å². The zero-order valence-electron chi connectivity index (χ0n) is 6.87. The molecule has 0 saturated carbocycles. The zero-order chi connectivity index (χ0) is 8.97. The van der Waals surface area contributed by atoms with Crippen molar-refractivity contribution in [2.75, 3.05) is 14.2 Å². The van der Waals surface area contributed by atoms with Gasteiger partial charge in [-0.05, 0) is 0 Å². The van der Waals surface area contributed by atoms with Crippen LogP contribution in [0.5, 0.6) is 5.88 Å². The van der Waals surface area contributed by atoms with Crippen LogP contribution < -0.4 is 10.1 Å². The topological polar surface area (TPSA) is 64.1 Å². The van der Waals surface area contributed by atoms with Gasteiger partial charge in [-0.15, -0.1) is 0 Å². The lowest BCUT2D eigenvalue weighted by atomic mass is 10.5. The highest BCUT2D eigenvalue weighted by Gasteiger charge is 2.06. The van der Waals surface area contributed by atoms with Crippen molar-refractivity contribution in [1.29, 1.82) is 0 Å². The van der Waals surface area contributed by atoms with Crippen LogP contribution in [0.25, 0.3) is 0 Å². The molecule has 0 fully saturated rings. The minimum atomic E-state index is -0.325. The van der Waals surface area contributed by atoms with Gasteiger partial charge in [0.2, 0.25) is 11.7 Å². The third kappa shape index (κ3) is 1.69. The molecule has 5 nitrogen and oxygen atoms in total. The van der Waals surface area contributed by atoms with E-state index < -0.39 is 0 Å². The van der Waals surface area contributed by atoms with Crippen molar-refractivity contribution in [2.24, 2.45) is 0 Å². The van der Waals surface area contributed by atoms with Crippen LogP contribution in [0.4, 0.5) is 0 Å². The molecule has 0 radical (unpaired) electrons. The maximum absolute atomic E-state index is 11.0. The molecule has 12 heavy (non-hydrogen) atoms. The highest BCUT2D eigenvalue weighted by atomic mass is 16.5. The Balaban J connectivity index is 2.93. The summed E-state index contributed by atoms with van der Waals surface area (Å²) in [6.45, 7) is 0. The maximum Gasteiger partial charge on any atom is 0.288 e. The number of nitrogens with zero attached hydrogens (tertiary/aromatic N) is 2. The van der Waals surface area contributed by atoms with E-state index >= 15 is 0 Å². The number of rotatable bonds is 2. The summed E-state index contributed by atoms with van der Waals surface area (Å²) >= 11 is 0. The number of amides is 1. The van der Waals surface area contributed by atoms with Crippen LogP contribution in [0.3, 0.4) is 0 Å². The molecule has 1 amide bonds. The van der Waals surface area contributed by atoms with Crippen molar-refractivity contribution in [1.82, 2.24) is 15.3 Å². The summed E-state index contributed by atoms with van der Waals surface area (Å²) in [4.78, 5) is 18.6. The molecule has 0 aliphatic heterocycles. The molecule has 0 bridgehead atoms. The first kappa shape index (κ1) is 8.45. The lowest BCUT2D eigenvalue weighted by molar-refractivity contribution is 0.0951. The Morgan fingerprint density at radius 1 is 1.67 bits per heavy atom. The van der Waals surface area contributed by atoms with Gasteiger partial charge in [0.25, 0.3) is 5.91 Å². The van der Waals surface area contributed by atoms with Crippen LogP contribution in [-0.4, -0.2) is 30.0 Å². The maximum atomic E-state index is 11.0. The van der Waals surface area contributed by atoms with Gasteiger partial charge in [0.15, 0.2) is 0 Å². The lowest BCUT2D eigenvalue weighted by Gasteiger charge is -1.99. The summed E-state index contributed by atoms with van der Waals surface area (Å²) in [6.07, 6.45) is 1.47. The van der Waals surface area contributed by atoms with E-state index in [1.54, 1.807) is 6.07 Å². The number of carbonyl (C=O) groups is 1. The number of hydrogen-bond donors (Lipinski definition) is 1. The molecule has 1 rings (SSSR count). The van der Waals surface area contributed by atoms with Crippen LogP contribution in [-0.2, 0) is 0 Å². The predicted molar refractivity (Wildman–Crippen MR) is 42.0 cm³/mol. The molecule has 5 heteroatoms. The van der Waals surface area contributed by atoms with Crippen LogP contribution in [0.15, 0.2) is 12.3 Å². The largest absolute Gasteiger partial charge is 0.481 e. The molecule has 64 valence electrons. The fourth-order valence-electron chi connectivity index (χ4n) is 0.677. The highest BCUT2D eigenvalue weighted by molar-refractivity contribution is 5.90. The van der Waals surface area contributed by atoms with Crippen LogP contribution >= 0.6 is 0 Å². The molecule has 1 N–H and O–H groups in total. The molecule has 0 aliphatic carbocycles. The smallest absolute Gasteiger partial charge is 0.288 e. The number of ether oxygens (including phenoxy) is 1. The molecule has 1 aromatic rings. The van der Waals surface area contributed by atoms with E-state index in [0.29, 0.717) is 5.88 Å². The molecule has 0 atom stereocenters. The minimum Gasteiger partial charge on any atom is -0.481 e. The fraction of sp³-hybridized carbons (Fsp3) is 0.286. The minimum absolute atomic E-state index is 0.108. The summed E-state index contributed by atoms with van der Waals surface area (Å²) in [5.41, 5.74) is 0. The molecular formula is C7H9N3O2. The third-order valence-electron chi connectivity index (χ3n) is 1.27. The van der Waals surface area contributed by atoms with Crippen molar-refractivity contribution in [3.63, 3.8) is 0 Å². The van der Waals surface area contributed by atoms with E-state index in [1.165, 1.54) is 20.4 Å². The van der Waals surface area contributed by atoms with Crippen molar-refractivity contribution in [3.05, 3.63) is 18.1 Å². The number of aromatic nitrogens is 2. The van der Waals surface area contributed by atoms with Gasteiger partial charge in [-0.2, -0.15) is 4.98 Å². The summed E-state index contributed by atoms with van der Waals surface area (Å²) in [5, 5.41) is 2.41. The van der Waals surface area contributed by atoms with Gasteiger partial charge in [0, 0.05) is 19.3 Å². The molecule has 0 spiro atoms. The van der Waals surface area contributed by atoms with Crippen molar-refractivity contribution < 1.29 is 9.53 Å². The number of methoxy groups -OCH3 is 1. The molecule has 0 aliphatic rings. The average molecular weight is 167 g/mol. The van der Waals surface area contributed by atoms with Gasteiger partial charge in [-0.3, -0.25) is 4.79 Å². The summed E-state index contributed by atoms with van der Waals surface area (Å²) in [6, 6.07) is 1.58. The molecular weight excluding hydrogens is 158 g/mol. The molecule has 0 saturated heterocycles. The number of nitrogens with one attached hydrogen (secondary N) is 1. The van der Waals surface area contributed by atoms with Gasteiger partial charge in [0.1, 0.15) is 0 Å². The fourth-order valence-corrected chi connectivity index (χ4v) is 0.677. The van der Waals surface area contributed by atoms with Crippen LogP contribution in [0.1, 0.15) is 10.6 Å². The van der Waals surface area contributed by atoms with E-state index in [9.17, 15) is 4.79 Å². The average Bonchev–Trinajstić information content (AvgIpc) is 2.17. The molecule has 0 unspecified atom stereocenters. The van der Waals surface area contributed by atoms with E-state index in [2.05, 4.69) is 15.3 Å². The summed E-state index contributed by atoms with van der Waals surface area (Å²) in [7, 11) is 3.00. The van der Waals surface area contributed by atoms with E-state index in [4.69, 9.17) is 4.74 Å². The second kappa shape index (κ2) is 3.66. The predicted octanol–water partition coefficient (Wildman–Crippen LogP) is -0.155. The van der Waals surface area contributed by atoms with Gasteiger partial charge in [0.05, 0.1) is 7.11 Å². The number of hydrogen-bond acceptors (Lipinski definition) is 4.